The van der Waals surface area contributed by atoms with Crippen molar-refractivity contribution in [1.82, 2.24) is 10.2 Å². The lowest BCUT2D eigenvalue weighted by Gasteiger charge is -2.31. The number of piperidine rings is 1. The molecule has 1 aliphatic rings. The zero-order chi connectivity index (χ0) is 18.6. The van der Waals surface area contributed by atoms with Crippen molar-refractivity contribution in [1.29, 1.82) is 0 Å². The van der Waals surface area contributed by atoms with Gasteiger partial charge in [-0.25, -0.2) is 0 Å². The van der Waals surface area contributed by atoms with E-state index in [1.807, 2.05) is 0 Å². The first-order valence-electron chi connectivity index (χ1n) is 8.12. The topological polar surface area (TPSA) is 49.4 Å². The molecule has 2 rings (SSSR count). The summed E-state index contributed by atoms with van der Waals surface area (Å²) in [4.78, 5) is 25.5. The van der Waals surface area contributed by atoms with Crippen LogP contribution in [0.5, 0.6) is 0 Å². The number of carbonyl (C=O) groups excluding carboxylic acids is 2. The van der Waals surface area contributed by atoms with E-state index < -0.39 is 17.8 Å². The number of hydrogen-bond donors (Lipinski definition) is 1. The zero-order valence-corrected chi connectivity index (χ0v) is 14.0. The Morgan fingerprint density at radius 2 is 1.88 bits per heavy atom. The third-order valence-corrected chi connectivity index (χ3v) is 4.44. The van der Waals surface area contributed by atoms with Crippen molar-refractivity contribution < 1.29 is 22.8 Å². The molecule has 0 spiro atoms. The van der Waals surface area contributed by atoms with Gasteiger partial charge in [-0.2, -0.15) is 13.2 Å². The number of halogens is 3. The number of rotatable bonds is 4. The van der Waals surface area contributed by atoms with Gasteiger partial charge in [-0.3, -0.25) is 9.59 Å². The molecule has 0 radical (unpaired) electrons. The number of likely N-dealkylation sites (tertiary alicyclic amines) is 1. The maximum absolute atomic E-state index is 13.1. The number of nitrogens with zero attached hydrogens (tertiary/aromatic N) is 1. The molecule has 25 heavy (non-hydrogen) atoms. The van der Waals surface area contributed by atoms with Gasteiger partial charge in [0.2, 0.25) is 11.8 Å². The molecule has 1 unspecified atom stereocenters. The molecule has 1 saturated heterocycles. The van der Waals surface area contributed by atoms with Crippen LogP contribution in [0.15, 0.2) is 36.9 Å². The van der Waals surface area contributed by atoms with Gasteiger partial charge in [-0.15, -0.1) is 0 Å². The molecular formula is C18H21F3N2O2. The highest BCUT2D eigenvalue weighted by Gasteiger charge is 2.35. The van der Waals surface area contributed by atoms with E-state index in [1.54, 1.807) is 11.8 Å². The molecule has 1 fully saturated rings. The number of hydrogen-bond acceptors (Lipinski definition) is 2. The van der Waals surface area contributed by atoms with Crippen LogP contribution < -0.4 is 5.32 Å². The van der Waals surface area contributed by atoms with Crippen LogP contribution in [0.3, 0.4) is 0 Å². The van der Waals surface area contributed by atoms with Crippen molar-refractivity contribution in [3.8, 4) is 0 Å². The van der Waals surface area contributed by atoms with E-state index in [1.165, 1.54) is 24.3 Å². The summed E-state index contributed by atoms with van der Waals surface area (Å²) in [5.41, 5.74) is -0.697. The number of benzene rings is 1. The second-order valence-corrected chi connectivity index (χ2v) is 6.12. The Labute approximate surface area is 144 Å². The van der Waals surface area contributed by atoms with E-state index in [2.05, 4.69) is 11.9 Å². The molecular weight excluding hydrogens is 333 g/mol. The Morgan fingerprint density at radius 3 is 2.44 bits per heavy atom. The van der Waals surface area contributed by atoms with E-state index in [9.17, 15) is 22.8 Å². The van der Waals surface area contributed by atoms with Crippen molar-refractivity contribution in [2.24, 2.45) is 5.92 Å². The Kier molecular flexibility index (Phi) is 5.87. The minimum absolute atomic E-state index is 0.0441. The second-order valence-electron chi connectivity index (χ2n) is 6.12. The molecule has 1 aromatic rings. The number of alkyl halides is 3. The summed E-state index contributed by atoms with van der Waals surface area (Å²) < 4.78 is 39.3. The Bertz CT molecular complexity index is 650. The zero-order valence-electron chi connectivity index (χ0n) is 14.0. The maximum atomic E-state index is 13.1. The number of amides is 2. The number of nitrogens with one attached hydrogen (secondary N) is 1. The summed E-state index contributed by atoms with van der Waals surface area (Å²) in [6.45, 7) is 5.85. The fourth-order valence-corrected chi connectivity index (χ4v) is 3.03. The highest BCUT2D eigenvalue weighted by Crippen LogP contribution is 2.34. The van der Waals surface area contributed by atoms with Gasteiger partial charge in [0, 0.05) is 19.0 Å². The average molecular weight is 354 g/mol. The van der Waals surface area contributed by atoms with Gasteiger partial charge < -0.3 is 10.2 Å². The minimum atomic E-state index is -4.47. The highest BCUT2D eigenvalue weighted by molar-refractivity contribution is 5.87. The molecule has 1 aromatic carbocycles. The van der Waals surface area contributed by atoms with Crippen LogP contribution in [0.2, 0.25) is 0 Å². The van der Waals surface area contributed by atoms with Gasteiger partial charge in [0.25, 0.3) is 0 Å². The molecule has 0 aromatic heterocycles. The van der Waals surface area contributed by atoms with Gasteiger partial charge in [0.1, 0.15) is 0 Å². The fourth-order valence-electron chi connectivity index (χ4n) is 3.03. The summed E-state index contributed by atoms with van der Waals surface area (Å²) in [6, 6.07) is 4.48. The molecule has 2 amide bonds. The predicted molar refractivity (Wildman–Crippen MR) is 87.5 cm³/mol. The third kappa shape index (κ3) is 4.61. The molecule has 0 aliphatic carbocycles. The van der Waals surface area contributed by atoms with Crippen LogP contribution in [0.1, 0.15) is 36.9 Å². The molecule has 4 nitrogen and oxygen atoms in total. The van der Waals surface area contributed by atoms with Crippen LogP contribution in [0.4, 0.5) is 13.2 Å². The van der Waals surface area contributed by atoms with E-state index in [0.717, 1.165) is 6.07 Å². The van der Waals surface area contributed by atoms with Crippen molar-refractivity contribution in [3.63, 3.8) is 0 Å². The van der Waals surface area contributed by atoms with Gasteiger partial charge in [-0.1, -0.05) is 24.8 Å². The SMILES string of the molecule is C=CC(=O)N1CCC(C(=O)NC(C)c2ccccc2C(F)(F)F)CC1. The van der Waals surface area contributed by atoms with Crippen LogP contribution in [0, 0.1) is 5.92 Å². The lowest BCUT2D eigenvalue weighted by atomic mass is 9.94. The minimum Gasteiger partial charge on any atom is -0.349 e. The first-order chi connectivity index (χ1) is 11.7. The van der Waals surface area contributed by atoms with Crippen molar-refractivity contribution in [2.45, 2.75) is 32.0 Å². The quantitative estimate of drug-likeness (QED) is 0.844. The second kappa shape index (κ2) is 7.72. The molecule has 136 valence electrons. The highest BCUT2D eigenvalue weighted by atomic mass is 19.4. The normalized spacial score (nSPS) is 17.0. The largest absolute Gasteiger partial charge is 0.416 e. The lowest BCUT2D eigenvalue weighted by Crippen LogP contribution is -2.43. The molecule has 1 atom stereocenters. The van der Waals surface area contributed by atoms with E-state index in [0.29, 0.717) is 25.9 Å². The smallest absolute Gasteiger partial charge is 0.349 e. The van der Waals surface area contributed by atoms with Gasteiger partial charge in [0.05, 0.1) is 11.6 Å². The van der Waals surface area contributed by atoms with Crippen LogP contribution >= 0.6 is 0 Å². The third-order valence-electron chi connectivity index (χ3n) is 4.44. The monoisotopic (exact) mass is 354 g/mol. The summed E-state index contributed by atoms with van der Waals surface area (Å²) in [5.74, 6) is -0.768. The Balaban J connectivity index is 2.00. The number of carbonyl (C=O) groups is 2. The first-order valence-corrected chi connectivity index (χ1v) is 8.12. The van der Waals surface area contributed by atoms with Gasteiger partial charge >= 0.3 is 6.18 Å². The molecule has 7 heteroatoms. The van der Waals surface area contributed by atoms with Crippen molar-refractivity contribution in [2.75, 3.05) is 13.1 Å². The summed E-state index contributed by atoms with van der Waals surface area (Å²) in [7, 11) is 0. The Hall–Kier alpha value is -2.31. The first kappa shape index (κ1) is 19.0. The van der Waals surface area contributed by atoms with Gasteiger partial charge in [0.15, 0.2) is 0 Å². The summed E-state index contributed by atoms with van der Waals surface area (Å²) in [5, 5.41) is 2.67. The maximum Gasteiger partial charge on any atom is 0.416 e. The molecule has 1 N–H and O–H groups in total. The van der Waals surface area contributed by atoms with Gasteiger partial charge in [-0.05, 0) is 37.5 Å². The van der Waals surface area contributed by atoms with E-state index in [4.69, 9.17) is 0 Å². The summed E-state index contributed by atoms with van der Waals surface area (Å²) in [6.07, 6.45) is -2.26. The van der Waals surface area contributed by atoms with Crippen molar-refractivity contribution >= 4 is 11.8 Å². The molecule has 0 saturated carbocycles. The van der Waals surface area contributed by atoms with Crippen LogP contribution in [-0.4, -0.2) is 29.8 Å². The van der Waals surface area contributed by atoms with Crippen LogP contribution in [-0.2, 0) is 15.8 Å². The summed E-state index contributed by atoms with van der Waals surface area (Å²) >= 11 is 0. The molecule has 1 heterocycles. The molecule has 1 aliphatic heterocycles. The lowest BCUT2D eigenvalue weighted by molar-refractivity contribution is -0.139. The average Bonchev–Trinajstić information content (AvgIpc) is 2.60. The van der Waals surface area contributed by atoms with Crippen molar-refractivity contribution in [3.05, 3.63) is 48.0 Å². The van der Waals surface area contributed by atoms with Crippen LogP contribution in [0.25, 0.3) is 0 Å². The Morgan fingerprint density at radius 1 is 1.28 bits per heavy atom. The predicted octanol–water partition coefficient (Wildman–Crippen LogP) is 3.31. The van der Waals surface area contributed by atoms with E-state index in [-0.39, 0.29) is 23.3 Å². The molecule has 0 bridgehead atoms. The fraction of sp³-hybridized carbons (Fsp3) is 0.444. The standard InChI is InChI=1S/C18H21F3N2O2/c1-3-16(24)23-10-8-13(9-11-23)17(25)22-12(2)14-6-4-5-7-15(14)18(19,20)21/h3-7,12-13H,1,8-11H2,2H3,(H,22,25). The van der Waals surface area contributed by atoms with E-state index >= 15 is 0 Å².